The Morgan fingerprint density at radius 2 is 1.97 bits per heavy atom. The molecule has 2 aromatic heterocycles. The van der Waals surface area contributed by atoms with Crippen LogP contribution in [0, 0.1) is 0 Å². The summed E-state index contributed by atoms with van der Waals surface area (Å²) in [6, 6.07) is 17.7. The number of carbonyl (C=O) groups is 1. The van der Waals surface area contributed by atoms with E-state index in [2.05, 4.69) is 30.1 Å². The molecule has 0 aliphatic carbocycles. The van der Waals surface area contributed by atoms with E-state index >= 15 is 0 Å². The molecule has 6 nitrogen and oxygen atoms in total. The largest absolute Gasteiger partial charge is 0.489 e. The van der Waals surface area contributed by atoms with Crippen molar-refractivity contribution in [1.82, 2.24) is 4.98 Å². The van der Waals surface area contributed by atoms with E-state index in [4.69, 9.17) is 19.6 Å². The van der Waals surface area contributed by atoms with Crippen LogP contribution in [0.15, 0.2) is 65.2 Å². The molecular formula is C27H28N2O4. The molecule has 2 aromatic carbocycles. The van der Waals surface area contributed by atoms with Crippen LogP contribution in [-0.4, -0.2) is 18.1 Å². The van der Waals surface area contributed by atoms with Gasteiger partial charge >= 0.3 is 5.97 Å². The lowest BCUT2D eigenvalue weighted by molar-refractivity contribution is -0.139. The first kappa shape index (κ1) is 22.6. The summed E-state index contributed by atoms with van der Waals surface area (Å²) in [5.41, 5.74) is 11.3. The van der Waals surface area contributed by atoms with E-state index in [1.54, 1.807) is 6.20 Å². The van der Waals surface area contributed by atoms with Gasteiger partial charge in [-0.3, -0.25) is 9.78 Å². The molecule has 2 N–H and O–H groups in total. The number of rotatable bonds is 9. The van der Waals surface area contributed by atoms with Gasteiger partial charge in [0.05, 0.1) is 19.2 Å². The molecule has 0 spiro atoms. The third-order valence-electron chi connectivity index (χ3n) is 5.49. The Morgan fingerprint density at radius 3 is 2.76 bits per heavy atom. The quantitative estimate of drug-likeness (QED) is 0.357. The van der Waals surface area contributed by atoms with Gasteiger partial charge in [0.1, 0.15) is 23.7 Å². The van der Waals surface area contributed by atoms with Gasteiger partial charge < -0.3 is 19.6 Å². The molecular weight excluding hydrogens is 416 g/mol. The van der Waals surface area contributed by atoms with Crippen LogP contribution in [0.2, 0.25) is 0 Å². The van der Waals surface area contributed by atoms with Crippen molar-refractivity contribution < 1.29 is 18.7 Å². The van der Waals surface area contributed by atoms with E-state index in [-0.39, 0.29) is 12.4 Å². The molecule has 4 aromatic rings. The molecule has 170 valence electrons. The fourth-order valence-corrected chi connectivity index (χ4v) is 3.87. The summed E-state index contributed by atoms with van der Waals surface area (Å²) >= 11 is 0. The third kappa shape index (κ3) is 5.23. The minimum Gasteiger partial charge on any atom is -0.489 e. The lowest BCUT2D eigenvalue weighted by atomic mass is 10.0. The van der Waals surface area contributed by atoms with Crippen LogP contribution in [0.5, 0.6) is 5.75 Å². The number of hydrogen-bond acceptors (Lipinski definition) is 6. The fourth-order valence-electron chi connectivity index (χ4n) is 3.87. The number of para-hydroxylation sites is 1. The summed E-state index contributed by atoms with van der Waals surface area (Å²) in [5.74, 6) is 1.33. The Hall–Kier alpha value is -3.64. The molecule has 4 rings (SSSR count). The minimum atomic E-state index is -0.301. The molecule has 6 heteroatoms. The standard InChI is InChI=1S/C27H28N2O4/c1-3-6-23-14-21-11-18(17-32-25-8-5-4-7-20(25)15-26(30)31-2)12-24(27(21)33-23)19-9-10-29-22(13-19)16-28/h4-5,7-14H,3,6,15-17,28H2,1-2H3. The average molecular weight is 445 g/mol. The number of nitrogens with two attached hydrogens (primary N) is 1. The van der Waals surface area contributed by atoms with Gasteiger partial charge in [0.15, 0.2) is 0 Å². The summed E-state index contributed by atoms with van der Waals surface area (Å²) < 4.78 is 17.2. The van der Waals surface area contributed by atoms with Crippen LogP contribution < -0.4 is 10.5 Å². The first-order valence-electron chi connectivity index (χ1n) is 11.1. The smallest absolute Gasteiger partial charge is 0.310 e. The lowest BCUT2D eigenvalue weighted by Crippen LogP contribution is -2.06. The normalized spacial score (nSPS) is 11.0. The van der Waals surface area contributed by atoms with Crippen LogP contribution in [0.3, 0.4) is 0 Å². The fraction of sp³-hybridized carbons (Fsp3) is 0.259. The maximum atomic E-state index is 11.8. The zero-order chi connectivity index (χ0) is 23.2. The van der Waals surface area contributed by atoms with Gasteiger partial charge in [-0.15, -0.1) is 0 Å². The highest BCUT2D eigenvalue weighted by atomic mass is 16.5. The van der Waals surface area contributed by atoms with E-state index in [1.807, 2.05) is 36.4 Å². The second kappa shape index (κ2) is 10.3. The van der Waals surface area contributed by atoms with Crippen molar-refractivity contribution in [3.8, 4) is 16.9 Å². The Labute approximate surface area is 193 Å². The van der Waals surface area contributed by atoms with Crippen molar-refractivity contribution in [2.24, 2.45) is 5.73 Å². The predicted octanol–water partition coefficient (Wildman–Crippen LogP) is 5.20. The number of pyridine rings is 1. The van der Waals surface area contributed by atoms with Gasteiger partial charge in [-0.1, -0.05) is 25.1 Å². The van der Waals surface area contributed by atoms with E-state index in [1.165, 1.54) is 7.11 Å². The summed E-state index contributed by atoms with van der Waals surface area (Å²) in [5, 5.41) is 1.03. The van der Waals surface area contributed by atoms with Gasteiger partial charge in [-0.25, -0.2) is 0 Å². The maximum Gasteiger partial charge on any atom is 0.310 e. The van der Waals surface area contributed by atoms with Gasteiger partial charge in [0, 0.05) is 35.7 Å². The van der Waals surface area contributed by atoms with Crippen molar-refractivity contribution in [2.75, 3.05) is 7.11 Å². The minimum absolute atomic E-state index is 0.165. The molecule has 0 aliphatic rings. The Bertz CT molecular complexity index is 1260. The molecule has 0 atom stereocenters. The van der Waals surface area contributed by atoms with Crippen molar-refractivity contribution in [3.05, 3.63) is 83.4 Å². The predicted molar refractivity (Wildman–Crippen MR) is 128 cm³/mol. The van der Waals surface area contributed by atoms with E-state index in [9.17, 15) is 4.79 Å². The SMILES string of the molecule is CCCc1cc2cc(COc3ccccc3CC(=O)OC)cc(-c3ccnc(CN)c3)c2o1. The van der Waals surface area contributed by atoms with Crippen molar-refractivity contribution >= 4 is 16.9 Å². The monoisotopic (exact) mass is 444 g/mol. The molecule has 0 aliphatic heterocycles. The number of nitrogens with zero attached hydrogens (tertiary/aromatic N) is 1. The van der Waals surface area contributed by atoms with Gasteiger partial charge in [-0.2, -0.15) is 0 Å². The molecule has 0 unspecified atom stereocenters. The number of furan rings is 1. The first-order chi connectivity index (χ1) is 16.1. The Morgan fingerprint density at radius 1 is 1.12 bits per heavy atom. The molecule has 0 bridgehead atoms. The average Bonchev–Trinajstić information content (AvgIpc) is 3.25. The molecule has 0 fully saturated rings. The van der Waals surface area contributed by atoms with Gasteiger partial charge in [-0.05, 0) is 53.9 Å². The number of esters is 1. The molecule has 2 heterocycles. The maximum absolute atomic E-state index is 11.8. The highest BCUT2D eigenvalue weighted by Gasteiger charge is 2.14. The number of methoxy groups -OCH3 is 1. The Kier molecular flexibility index (Phi) is 7.05. The zero-order valence-electron chi connectivity index (χ0n) is 19.0. The van der Waals surface area contributed by atoms with E-state index in [0.717, 1.165) is 57.5 Å². The van der Waals surface area contributed by atoms with Crippen molar-refractivity contribution in [1.29, 1.82) is 0 Å². The number of fused-ring (bicyclic) bond motifs is 1. The summed E-state index contributed by atoms with van der Waals surface area (Å²) in [4.78, 5) is 16.1. The summed E-state index contributed by atoms with van der Waals surface area (Å²) in [6.07, 6.45) is 3.82. The number of aryl methyl sites for hydroxylation is 1. The third-order valence-corrected chi connectivity index (χ3v) is 5.49. The van der Waals surface area contributed by atoms with Crippen LogP contribution >= 0.6 is 0 Å². The molecule has 33 heavy (non-hydrogen) atoms. The highest BCUT2D eigenvalue weighted by Crippen LogP contribution is 2.34. The molecule has 0 radical (unpaired) electrons. The van der Waals surface area contributed by atoms with Crippen LogP contribution in [0.1, 0.15) is 35.9 Å². The van der Waals surface area contributed by atoms with Crippen molar-refractivity contribution in [2.45, 2.75) is 39.3 Å². The molecule has 0 saturated carbocycles. The lowest BCUT2D eigenvalue weighted by Gasteiger charge is -2.12. The summed E-state index contributed by atoms with van der Waals surface area (Å²) in [7, 11) is 1.38. The summed E-state index contributed by atoms with van der Waals surface area (Å²) in [6.45, 7) is 2.86. The molecule has 0 saturated heterocycles. The molecule has 0 amide bonds. The zero-order valence-corrected chi connectivity index (χ0v) is 19.0. The number of benzene rings is 2. The van der Waals surface area contributed by atoms with E-state index < -0.39 is 0 Å². The first-order valence-corrected chi connectivity index (χ1v) is 11.1. The number of ether oxygens (including phenoxy) is 2. The number of hydrogen-bond donors (Lipinski definition) is 1. The van der Waals surface area contributed by atoms with Crippen LogP contribution in [-0.2, 0) is 35.5 Å². The number of aromatic nitrogens is 1. The second-order valence-electron chi connectivity index (χ2n) is 7.91. The van der Waals surface area contributed by atoms with Crippen LogP contribution in [0.25, 0.3) is 22.1 Å². The van der Waals surface area contributed by atoms with Gasteiger partial charge in [0.25, 0.3) is 0 Å². The van der Waals surface area contributed by atoms with Crippen LogP contribution in [0.4, 0.5) is 0 Å². The van der Waals surface area contributed by atoms with Gasteiger partial charge in [0.2, 0.25) is 0 Å². The van der Waals surface area contributed by atoms with Crippen molar-refractivity contribution in [3.63, 3.8) is 0 Å². The second-order valence-corrected chi connectivity index (χ2v) is 7.91. The van der Waals surface area contributed by atoms with E-state index in [0.29, 0.717) is 18.9 Å². The Balaban J connectivity index is 1.69. The number of carbonyl (C=O) groups excluding carboxylic acids is 1. The highest BCUT2D eigenvalue weighted by molar-refractivity contribution is 5.93. The topological polar surface area (TPSA) is 87.6 Å².